The molecule has 0 radical (unpaired) electrons. The quantitative estimate of drug-likeness (QED) is 0.748. The van der Waals surface area contributed by atoms with Gasteiger partial charge in [-0.05, 0) is 36.6 Å². The molecule has 4 rings (SSSR count). The highest BCUT2D eigenvalue weighted by atomic mass is 16.5. The zero-order valence-corrected chi connectivity index (χ0v) is 15.2. The zero-order chi connectivity index (χ0) is 18.6. The molecule has 27 heavy (non-hydrogen) atoms. The molecule has 1 amide bonds. The Morgan fingerprint density at radius 3 is 2.89 bits per heavy atom. The van der Waals surface area contributed by atoms with E-state index in [4.69, 9.17) is 9.15 Å². The van der Waals surface area contributed by atoms with Crippen LogP contribution >= 0.6 is 0 Å². The van der Waals surface area contributed by atoms with E-state index in [-0.39, 0.29) is 11.8 Å². The number of hydrogen-bond acceptors (Lipinski definition) is 6. The Bertz CT molecular complexity index is 899. The van der Waals surface area contributed by atoms with Crippen LogP contribution in [-0.2, 0) is 11.3 Å². The summed E-state index contributed by atoms with van der Waals surface area (Å²) in [6.07, 6.45) is 3.24. The average molecular weight is 366 g/mol. The van der Waals surface area contributed by atoms with E-state index in [1.165, 1.54) is 0 Å². The number of rotatable bonds is 5. The van der Waals surface area contributed by atoms with Crippen LogP contribution in [0.5, 0.6) is 5.88 Å². The highest BCUT2D eigenvalue weighted by Crippen LogP contribution is 2.26. The minimum absolute atomic E-state index is 0.00867. The van der Waals surface area contributed by atoms with Gasteiger partial charge in [-0.3, -0.25) is 4.79 Å². The number of anilines is 1. The fourth-order valence-corrected chi connectivity index (χ4v) is 3.33. The van der Waals surface area contributed by atoms with Crippen molar-refractivity contribution in [1.82, 2.24) is 15.3 Å². The third kappa shape index (κ3) is 3.86. The average Bonchev–Trinajstić information content (AvgIpc) is 3.16. The van der Waals surface area contributed by atoms with E-state index in [2.05, 4.69) is 20.2 Å². The Hall–Kier alpha value is -3.09. The van der Waals surface area contributed by atoms with Crippen molar-refractivity contribution in [3.63, 3.8) is 0 Å². The van der Waals surface area contributed by atoms with Crippen LogP contribution in [0.2, 0.25) is 0 Å². The van der Waals surface area contributed by atoms with Gasteiger partial charge in [0.2, 0.25) is 11.8 Å². The lowest BCUT2D eigenvalue weighted by Gasteiger charge is -2.30. The molecule has 0 saturated carbocycles. The molecule has 0 spiro atoms. The minimum Gasteiger partial charge on any atom is -0.481 e. The van der Waals surface area contributed by atoms with Crippen molar-refractivity contribution >= 4 is 23.0 Å². The van der Waals surface area contributed by atoms with Gasteiger partial charge in [-0.2, -0.15) is 4.98 Å². The first-order chi connectivity index (χ1) is 13.2. The fraction of sp³-hybridized carbons (Fsp3) is 0.350. The SMILES string of the molecule is COc1cc(CNC(=O)C2CCN(c3nc4ccccc4o3)CC2)ccn1. The van der Waals surface area contributed by atoms with Gasteiger partial charge in [0.1, 0.15) is 5.52 Å². The zero-order valence-electron chi connectivity index (χ0n) is 15.2. The smallest absolute Gasteiger partial charge is 0.298 e. The van der Waals surface area contributed by atoms with Gasteiger partial charge in [-0.25, -0.2) is 4.98 Å². The fourth-order valence-electron chi connectivity index (χ4n) is 3.33. The van der Waals surface area contributed by atoms with Gasteiger partial charge >= 0.3 is 0 Å². The van der Waals surface area contributed by atoms with Gasteiger partial charge in [0.25, 0.3) is 6.01 Å². The number of para-hydroxylation sites is 2. The second-order valence-corrected chi connectivity index (χ2v) is 6.65. The van der Waals surface area contributed by atoms with Gasteiger partial charge in [-0.1, -0.05) is 12.1 Å². The minimum atomic E-state index is 0.00867. The van der Waals surface area contributed by atoms with E-state index in [0.29, 0.717) is 18.4 Å². The lowest BCUT2D eigenvalue weighted by Crippen LogP contribution is -2.40. The second-order valence-electron chi connectivity index (χ2n) is 6.65. The third-order valence-electron chi connectivity index (χ3n) is 4.89. The van der Waals surface area contributed by atoms with Crippen LogP contribution < -0.4 is 15.0 Å². The number of methoxy groups -OCH3 is 1. The van der Waals surface area contributed by atoms with Crippen molar-refractivity contribution in [3.05, 3.63) is 48.2 Å². The summed E-state index contributed by atoms with van der Waals surface area (Å²) in [7, 11) is 1.58. The Morgan fingerprint density at radius 1 is 1.30 bits per heavy atom. The van der Waals surface area contributed by atoms with Crippen LogP contribution in [0.15, 0.2) is 47.0 Å². The molecule has 1 N–H and O–H groups in total. The number of benzene rings is 1. The normalized spacial score (nSPS) is 15.1. The summed E-state index contributed by atoms with van der Waals surface area (Å²) in [5.74, 6) is 0.644. The number of nitrogens with zero attached hydrogens (tertiary/aromatic N) is 3. The first-order valence-corrected chi connectivity index (χ1v) is 9.10. The molecule has 0 aliphatic carbocycles. The van der Waals surface area contributed by atoms with Crippen molar-refractivity contribution in [2.45, 2.75) is 19.4 Å². The molecule has 3 aromatic rings. The number of oxazole rings is 1. The van der Waals surface area contributed by atoms with Crippen LogP contribution in [-0.4, -0.2) is 36.1 Å². The molecule has 0 bridgehead atoms. The number of piperidine rings is 1. The molecular formula is C20H22N4O3. The van der Waals surface area contributed by atoms with Crippen molar-refractivity contribution < 1.29 is 13.9 Å². The van der Waals surface area contributed by atoms with Gasteiger partial charge in [0, 0.05) is 37.8 Å². The van der Waals surface area contributed by atoms with E-state index >= 15 is 0 Å². The number of nitrogens with one attached hydrogen (secondary N) is 1. The maximum Gasteiger partial charge on any atom is 0.298 e. The molecular weight excluding hydrogens is 344 g/mol. The molecule has 7 nitrogen and oxygen atoms in total. The predicted molar refractivity (Wildman–Crippen MR) is 102 cm³/mol. The van der Waals surface area contributed by atoms with E-state index in [0.717, 1.165) is 42.6 Å². The summed E-state index contributed by atoms with van der Waals surface area (Å²) in [5, 5.41) is 3.02. The summed E-state index contributed by atoms with van der Waals surface area (Å²) in [6, 6.07) is 12.1. The highest BCUT2D eigenvalue weighted by molar-refractivity contribution is 5.79. The Morgan fingerprint density at radius 2 is 2.11 bits per heavy atom. The van der Waals surface area contributed by atoms with Crippen LogP contribution in [0.4, 0.5) is 6.01 Å². The van der Waals surface area contributed by atoms with Crippen LogP contribution in [0, 0.1) is 5.92 Å². The summed E-state index contributed by atoms with van der Waals surface area (Å²) >= 11 is 0. The maximum absolute atomic E-state index is 12.5. The highest BCUT2D eigenvalue weighted by Gasteiger charge is 2.27. The Balaban J connectivity index is 1.31. The number of aromatic nitrogens is 2. The molecule has 1 aliphatic rings. The molecule has 3 heterocycles. The van der Waals surface area contributed by atoms with Crippen LogP contribution in [0.25, 0.3) is 11.1 Å². The molecule has 1 aliphatic heterocycles. The number of carbonyl (C=O) groups is 1. The maximum atomic E-state index is 12.5. The third-order valence-corrected chi connectivity index (χ3v) is 4.89. The number of carbonyl (C=O) groups excluding carboxylic acids is 1. The molecule has 1 aromatic carbocycles. The molecule has 1 fully saturated rings. The van der Waals surface area contributed by atoms with E-state index in [1.807, 2.05) is 36.4 Å². The molecule has 7 heteroatoms. The van der Waals surface area contributed by atoms with Gasteiger partial charge in [-0.15, -0.1) is 0 Å². The summed E-state index contributed by atoms with van der Waals surface area (Å²) in [5.41, 5.74) is 2.62. The number of ether oxygens (including phenoxy) is 1. The number of hydrogen-bond donors (Lipinski definition) is 1. The van der Waals surface area contributed by atoms with Crippen molar-refractivity contribution in [3.8, 4) is 5.88 Å². The number of fused-ring (bicyclic) bond motifs is 1. The summed E-state index contributed by atoms with van der Waals surface area (Å²) in [4.78, 5) is 23.2. The largest absolute Gasteiger partial charge is 0.481 e. The van der Waals surface area contributed by atoms with Gasteiger partial charge in [0.05, 0.1) is 7.11 Å². The standard InChI is InChI=1S/C20H22N4O3/c1-26-18-12-14(6-9-21-18)13-22-19(25)15-7-10-24(11-8-15)20-23-16-4-2-3-5-17(16)27-20/h2-6,9,12,15H,7-8,10-11,13H2,1H3,(H,22,25). The first-order valence-electron chi connectivity index (χ1n) is 9.10. The topological polar surface area (TPSA) is 80.5 Å². The summed E-state index contributed by atoms with van der Waals surface area (Å²) in [6.45, 7) is 1.99. The lowest BCUT2D eigenvalue weighted by atomic mass is 9.96. The molecule has 0 atom stereocenters. The molecule has 2 aromatic heterocycles. The lowest BCUT2D eigenvalue weighted by molar-refractivity contribution is -0.125. The second kappa shape index (κ2) is 7.65. The molecule has 140 valence electrons. The van der Waals surface area contributed by atoms with E-state index in [9.17, 15) is 4.79 Å². The number of pyridine rings is 1. The predicted octanol–water partition coefficient (Wildman–Crippen LogP) is 2.76. The monoisotopic (exact) mass is 366 g/mol. The Kier molecular flexibility index (Phi) is 4.91. The van der Waals surface area contributed by atoms with Gasteiger partial charge < -0.3 is 19.4 Å². The van der Waals surface area contributed by atoms with Crippen LogP contribution in [0.3, 0.4) is 0 Å². The van der Waals surface area contributed by atoms with E-state index in [1.54, 1.807) is 13.3 Å². The molecule has 1 saturated heterocycles. The van der Waals surface area contributed by atoms with Crippen molar-refractivity contribution in [2.24, 2.45) is 5.92 Å². The van der Waals surface area contributed by atoms with Crippen molar-refractivity contribution in [2.75, 3.05) is 25.1 Å². The van der Waals surface area contributed by atoms with Gasteiger partial charge in [0.15, 0.2) is 5.58 Å². The summed E-state index contributed by atoms with van der Waals surface area (Å²) < 4.78 is 10.9. The Labute approximate surface area is 157 Å². The van der Waals surface area contributed by atoms with Crippen LogP contribution in [0.1, 0.15) is 18.4 Å². The first kappa shape index (κ1) is 17.3. The molecule has 0 unspecified atom stereocenters. The van der Waals surface area contributed by atoms with E-state index < -0.39 is 0 Å². The number of amides is 1. The van der Waals surface area contributed by atoms with Crippen molar-refractivity contribution in [1.29, 1.82) is 0 Å².